The van der Waals surface area contributed by atoms with Gasteiger partial charge in [-0.15, -0.1) is 0 Å². The second kappa shape index (κ2) is 4.13. The summed E-state index contributed by atoms with van der Waals surface area (Å²) in [4.78, 5) is 13.6. The van der Waals surface area contributed by atoms with E-state index in [9.17, 15) is 4.79 Å². The fraction of sp³-hybridized carbons (Fsp3) is 0.308. The van der Waals surface area contributed by atoms with Gasteiger partial charge in [-0.3, -0.25) is 4.79 Å². The minimum absolute atomic E-state index is 0.0609. The van der Waals surface area contributed by atoms with Crippen molar-refractivity contribution in [3.05, 3.63) is 30.5 Å². The third-order valence-corrected chi connectivity index (χ3v) is 2.99. The number of nitrogens with two attached hydrogens (primary N) is 1. The lowest BCUT2D eigenvalue weighted by molar-refractivity contribution is -0.131. The predicted molar refractivity (Wildman–Crippen MR) is 69.8 cm³/mol. The smallest absolute Gasteiger partial charge is 0.244 e. The number of nitrogen functional groups attached to an aromatic ring is 1. The van der Waals surface area contributed by atoms with Crippen LogP contribution in [0, 0.1) is 0 Å². The molecule has 1 amide bonds. The molecule has 0 aliphatic carbocycles. The summed E-state index contributed by atoms with van der Waals surface area (Å²) in [5, 5.41) is 1.06. The molecule has 90 valence electrons. The number of hydrogen-bond acceptors (Lipinski definition) is 2. The third-order valence-electron chi connectivity index (χ3n) is 2.99. The van der Waals surface area contributed by atoms with Crippen molar-refractivity contribution in [2.45, 2.75) is 13.0 Å². The molecule has 4 nitrogen and oxygen atoms in total. The van der Waals surface area contributed by atoms with Crippen LogP contribution in [0.3, 0.4) is 0 Å². The highest BCUT2D eigenvalue weighted by molar-refractivity contribution is 5.92. The van der Waals surface area contributed by atoms with E-state index in [-0.39, 0.29) is 11.9 Å². The first-order chi connectivity index (χ1) is 8.02. The topological polar surface area (TPSA) is 51.3 Å². The highest BCUT2D eigenvalue weighted by Crippen LogP contribution is 2.25. The molecule has 2 rings (SSSR count). The molecule has 0 saturated heterocycles. The lowest BCUT2D eigenvalue weighted by Crippen LogP contribution is -2.29. The van der Waals surface area contributed by atoms with E-state index in [2.05, 4.69) is 0 Å². The number of rotatable bonds is 2. The van der Waals surface area contributed by atoms with E-state index in [1.165, 1.54) is 0 Å². The van der Waals surface area contributed by atoms with Gasteiger partial charge in [-0.25, -0.2) is 0 Å². The van der Waals surface area contributed by atoms with Gasteiger partial charge < -0.3 is 15.2 Å². The Balaban J connectivity index is 2.53. The van der Waals surface area contributed by atoms with Crippen LogP contribution in [0.5, 0.6) is 0 Å². The maximum absolute atomic E-state index is 12.0. The zero-order chi connectivity index (χ0) is 12.6. The second-order valence-corrected chi connectivity index (χ2v) is 4.42. The van der Waals surface area contributed by atoms with E-state index in [0.717, 1.165) is 10.9 Å². The summed E-state index contributed by atoms with van der Waals surface area (Å²) in [5.41, 5.74) is 7.60. The predicted octanol–water partition coefficient (Wildman–Crippen LogP) is 1.87. The Kier molecular flexibility index (Phi) is 2.79. The fourth-order valence-electron chi connectivity index (χ4n) is 2.06. The van der Waals surface area contributed by atoms with E-state index >= 15 is 0 Å². The molecule has 0 radical (unpaired) electrons. The van der Waals surface area contributed by atoms with Gasteiger partial charge in [-0.1, -0.05) is 12.1 Å². The molecule has 0 saturated carbocycles. The molecule has 0 spiro atoms. The van der Waals surface area contributed by atoms with Crippen molar-refractivity contribution in [3.63, 3.8) is 0 Å². The van der Waals surface area contributed by atoms with Crippen LogP contribution in [0.1, 0.15) is 13.0 Å². The van der Waals surface area contributed by atoms with Gasteiger partial charge >= 0.3 is 0 Å². The Morgan fingerprint density at radius 2 is 2.06 bits per heavy atom. The highest BCUT2D eigenvalue weighted by atomic mass is 16.2. The molecule has 17 heavy (non-hydrogen) atoms. The molecular formula is C13H17N3O. The number of carbonyl (C=O) groups excluding carboxylic acids is 1. The molecule has 1 atom stereocenters. The normalized spacial score (nSPS) is 12.6. The molecule has 0 fully saturated rings. The van der Waals surface area contributed by atoms with Crippen molar-refractivity contribution < 1.29 is 4.79 Å². The Hall–Kier alpha value is -1.97. The Morgan fingerprint density at radius 1 is 1.35 bits per heavy atom. The number of aromatic nitrogens is 1. The fourth-order valence-corrected chi connectivity index (χ4v) is 2.06. The number of likely N-dealkylation sites (N-methyl/N-ethyl adjacent to an activating group) is 1. The van der Waals surface area contributed by atoms with E-state index < -0.39 is 0 Å². The molecule has 2 N–H and O–H groups in total. The molecule has 1 heterocycles. The summed E-state index contributed by atoms with van der Waals surface area (Å²) in [6, 6.07) is 7.50. The van der Waals surface area contributed by atoms with Crippen molar-refractivity contribution in [3.8, 4) is 0 Å². The number of hydrogen-bond donors (Lipinski definition) is 1. The van der Waals surface area contributed by atoms with Crippen LogP contribution in [0.15, 0.2) is 30.5 Å². The molecule has 4 heteroatoms. The minimum atomic E-state index is -0.243. The molecular weight excluding hydrogens is 214 g/mol. The van der Waals surface area contributed by atoms with Gasteiger partial charge in [0, 0.05) is 25.7 Å². The highest BCUT2D eigenvalue weighted by Gasteiger charge is 2.18. The number of carbonyl (C=O) groups is 1. The van der Waals surface area contributed by atoms with Crippen LogP contribution < -0.4 is 5.73 Å². The molecule has 1 aromatic carbocycles. The van der Waals surface area contributed by atoms with Crippen molar-refractivity contribution in [1.29, 1.82) is 0 Å². The minimum Gasteiger partial charge on any atom is -0.397 e. The lowest BCUT2D eigenvalue weighted by atomic mass is 10.2. The van der Waals surface area contributed by atoms with Gasteiger partial charge in [0.2, 0.25) is 5.91 Å². The third kappa shape index (κ3) is 1.86. The van der Waals surface area contributed by atoms with Gasteiger partial charge in [0.25, 0.3) is 0 Å². The number of amides is 1. The van der Waals surface area contributed by atoms with Crippen LogP contribution in [0.25, 0.3) is 10.9 Å². The maximum Gasteiger partial charge on any atom is 0.244 e. The summed E-state index contributed by atoms with van der Waals surface area (Å²) in [6.45, 7) is 1.88. The van der Waals surface area contributed by atoms with Crippen LogP contribution >= 0.6 is 0 Å². The largest absolute Gasteiger partial charge is 0.397 e. The molecule has 0 bridgehead atoms. The second-order valence-electron chi connectivity index (χ2n) is 4.42. The average Bonchev–Trinajstić information content (AvgIpc) is 2.72. The number of nitrogens with zero attached hydrogens (tertiary/aromatic N) is 2. The first kappa shape index (κ1) is 11.5. The quantitative estimate of drug-likeness (QED) is 0.802. The van der Waals surface area contributed by atoms with Crippen molar-refractivity contribution >= 4 is 22.5 Å². The monoisotopic (exact) mass is 231 g/mol. The lowest BCUT2D eigenvalue weighted by Gasteiger charge is -2.19. The average molecular weight is 231 g/mol. The maximum atomic E-state index is 12.0. The Morgan fingerprint density at radius 3 is 2.71 bits per heavy atom. The van der Waals surface area contributed by atoms with E-state index in [4.69, 9.17) is 5.73 Å². The van der Waals surface area contributed by atoms with Crippen LogP contribution in [0.4, 0.5) is 5.69 Å². The van der Waals surface area contributed by atoms with E-state index in [1.54, 1.807) is 19.0 Å². The van der Waals surface area contributed by atoms with Crippen LogP contribution in [-0.2, 0) is 4.79 Å². The Bertz CT molecular complexity index is 557. The number of para-hydroxylation sites is 1. The summed E-state index contributed by atoms with van der Waals surface area (Å²) >= 11 is 0. The van der Waals surface area contributed by atoms with E-state index in [1.807, 2.05) is 42.0 Å². The number of benzene rings is 1. The van der Waals surface area contributed by atoms with Gasteiger partial charge in [0.15, 0.2) is 0 Å². The standard InChI is InChI=1S/C13H17N3O/c1-9(13(17)15(2)3)16-8-7-10-5-4-6-11(14)12(10)16/h4-9H,14H2,1-3H3. The molecule has 0 aliphatic heterocycles. The molecule has 0 aliphatic rings. The summed E-state index contributed by atoms with van der Waals surface area (Å²) in [6.07, 6.45) is 1.91. The van der Waals surface area contributed by atoms with Gasteiger partial charge in [-0.05, 0) is 19.1 Å². The summed E-state index contributed by atoms with van der Waals surface area (Å²) in [5.74, 6) is 0.0609. The van der Waals surface area contributed by atoms with Crippen LogP contribution in [0.2, 0.25) is 0 Å². The van der Waals surface area contributed by atoms with Gasteiger partial charge in [-0.2, -0.15) is 0 Å². The molecule has 2 aromatic rings. The SMILES string of the molecule is CC(C(=O)N(C)C)n1ccc2cccc(N)c21. The number of anilines is 1. The van der Waals surface area contributed by atoms with Crippen molar-refractivity contribution in [2.24, 2.45) is 0 Å². The molecule has 1 aromatic heterocycles. The first-order valence-corrected chi connectivity index (χ1v) is 5.58. The Labute approximate surface area is 101 Å². The zero-order valence-electron chi connectivity index (χ0n) is 10.3. The summed E-state index contributed by atoms with van der Waals surface area (Å²) in [7, 11) is 3.52. The first-order valence-electron chi connectivity index (χ1n) is 5.58. The van der Waals surface area contributed by atoms with E-state index in [0.29, 0.717) is 5.69 Å². The number of fused-ring (bicyclic) bond motifs is 1. The zero-order valence-corrected chi connectivity index (χ0v) is 10.3. The molecule has 1 unspecified atom stereocenters. The summed E-state index contributed by atoms with van der Waals surface area (Å²) < 4.78 is 1.92. The van der Waals surface area contributed by atoms with Gasteiger partial charge in [0.05, 0.1) is 11.2 Å². The van der Waals surface area contributed by atoms with Gasteiger partial charge in [0.1, 0.15) is 6.04 Å². The van der Waals surface area contributed by atoms with Crippen LogP contribution in [-0.4, -0.2) is 29.5 Å². The van der Waals surface area contributed by atoms with Crippen molar-refractivity contribution in [1.82, 2.24) is 9.47 Å². The van der Waals surface area contributed by atoms with Crippen molar-refractivity contribution in [2.75, 3.05) is 19.8 Å².